The van der Waals surface area contributed by atoms with Crippen LogP contribution in [0.4, 0.5) is 19.8 Å². The number of ketones is 1. The van der Waals surface area contributed by atoms with E-state index in [1.54, 1.807) is 6.92 Å². The van der Waals surface area contributed by atoms with Crippen molar-refractivity contribution >= 4 is 35.6 Å². The van der Waals surface area contributed by atoms with E-state index in [1.165, 1.54) is 12.3 Å². The SMILES string of the molecule is CCOC(=O)N[C@@H](CC1(F)CCCC1)C(=O)NC1(C(=O)C(=O)Nc2ccn(C(=O)OCC3c4ccccc4-c4ccccc43)n2)CCC1. The number of carbonyl (C=O) groups is 5. The number of fused-ring (bicyclic) bond motifs is 3. The van der Waals surface area contributed by atoms with Crippen LogP contribution in [0.3, 0.4) is 0 Å². The molecule has 2 fully saturated rings. The number of nitrogens with one attached hydrogen (secondary N) is 3. The lowest BCUT2D eigenvalue weighted by molar-refractivity contribution is -0.144. The van der Waals surface area contributed by atoms with Gasteiger partial charge in [-0.25, -0.2) is 14.0 Å². The van der Waals surface area contributed by atoms with Gasteiger partial charge in [-0.05, 0) is 61.3 Å². The number of alkyl carbamates (subject to hydrolysis) is 1. The van der Waals surface area contributed by atoms with Gasteiger partial charge in [0.05, 0.1) is 6.61 Å². The molecule has 2 aromatic carbocycles. The molecule has 0 bridgehead atoms. The van der Waals surface area contributed by atoms with Crippen LogP contribution in [-0.4, -0.2) is 70.0 Å². The highest BCUT2D eigenvalue weighted by molar-refractivity contribution is 6.44. The van der Waals surface area contributed by atoms with E-state index >= 15 is 4.39 Å². The van der Waals surface area contributed by atoms with Crippen molar-refractivity contribution in [3.63, 3.8) is 0 Å². The summed E-state index contributed by atoms with van der Waals surface area (Å²) in [6.07, 6.45) is 2.19. The topological polar surface area (TPSA) is 158 Å². The van der Waals surface area contributed by atoms with Gasteiger partial charge in [0, 0.05) is 24.6 Å². The van der Waals surface area contributed by atoms with Gasteiger partial charge in [-0.1, -0.05) is 61.4 Å². The van der Waals surface area contributed by atoms with Gasteiger partial charge in [0.25, 0.3) is 5.91 Å². The van der Waals surface area contributed by atoms with Crippen LogP contribution >= 0.6 is 0 Å². The van der Waals surface area contributed by atoms with Crippen LogP contribution < -0.4 is 16.0 Å². The average molecular weight is 660 g/mol. The molecule has 3 aliphatic rings. The van der Waals surface area contributed by atoms with Gasteiger partial charge in [0.2, 0.25) is 11.7 Å². The molecule has 2 saturated carbocycles. The van der Waals surface area contributed by atoms with Gasteiger partial charge in [0.15, 0.2) is 5.82 Å². The first-order valence-corrected chi connectivity index (χ1v) is 16.3. The Labute approximate surface area is 276 Å². The first-order valence-electron chi connectivity index (χ1n) is 16.3. The number of nitrogens with zero attached hydrogens (tertiary/aromatic N) is 2. The maximum atomic E-state index is 15.4. The van der Waals surface area contributed by atoms with Crippen LogP contribution in [-0.2, 0) is 23.9 Å². The van der Waals surface area contributed by atoms with Crippen LogP contribution in [0.15, 0.2) is 60.8 Å². The minimum Gasteiger partial charge on any atom is -0.450 e. The van der Waals surface area contributed by atoms with Crippen molar-refractivity contribution in [3.05, 3.63) is 71.9 Å². The minimum absolute atomic E-state index is 0.0561. The van der Waals surface area contributed by atoms with Gasteiger partial charge >= 0.3 is 12.2 Å². The number of hydrogen-bond donors (Lipinski definition) is 3. The Balaban J connectivity index is 1.07. The number of benzene rings is 2. The first kappa shape index (κ1) is 32.9. The van der Waals surface area contributed by atoms with Gasteiger partial charge in [-0.15, -0.1) is 5.10 Å². The van der Waals surface area contributed by atoms with Crippen molar-refractivity contribution < 1.29 is 37.8 Å². The summed E-state index contributed by atoms with van der Waals surface area (Å²) in [6.45, 7) is 1.73. The Hall–Kier alpha value is -5.07. The molecule has 3 N–H and O–H groups in total. The lowest BCUT2D eigenvalue weighted by atomic mass is 9.73. The third kappa shape index (κ3) is 6.67. The standard InChI is InChI=1S/C35H38FN5O7/c1-2-47-32(45)37-27(20-34(36)15-7-8-16-34)30(43)39-35(17-9-18-35)29(42)31(44)38-28-14-19-41(40-28)33(46)48-21-26-24-12-5-3-10-22(24)23-11-4-6-13-25(23)26/h3-6,10-14,19,26-27H,2,7-9,15-18,20-21H2,1H3,(H,37,45)(H,39,43)(H,38,40,44)/t27-/m0/s1. The summed E-state index contributed by atoms with van der Waals surface area (Å²) in [4.78, 5) is 64.9. The number of ether oxygens (including phenoxy) is 2. The number of anilines is 1. The van der Waals surface area contributed by atoms with Gasteiger partial charge in [-0.3, -0.25) is 14.4 Å². The minimum atomic E-state index is -1.64. The molecule has 13 heteroatoms. The van der Waals surface area contributed by atoms with Gasteiger partial charge < -0.3 is 25.4 Å². The zero-order valence-electron chi connectivity index (χ0n) is 26.6. The summed E-state index contributed by atoms with van der Waals surface area (Å²) in [5, 5.41) is 11.5. The van der Waals surface area contributed by atoms with E-state index in [4.69, 9.17) is 9.47 Å². The summed E-state index contributed by atoms with van der Waals surface area (Å²) >= 11 is 0. The Bertz CT molecular complexity index is 1680. The third-order valence-electron chi connectivity index (χ3n) is 9.52. The molecule has 0 aliphatic heterocycles. The summed E-state index contributed by atoms with van der Waals surface area (Å²) in [5.41, 5.74) is 1.14. The molecule has 48 heavy (non-hydrogen) atoms. The van der Waals surface area contributed by atoms with Crippen LogP contribution in [0.25, 0.3) is 11.1 Å². The van der Waals surface area contributed by atoms with Crippen LogP contribution in [0, 0.1) is 0 Å². The predicted molar refractivity (Wildman–Crippen MR) is 172 cm³/mol. The number of aromatic nitrogens is 2. The molecule has 12 nitrogen and oxygen atoms in total. The van der Waals surface area contributed by atoms with Crippen molar-refractivity contribution in [2.24, 2.45) is 0 Å². The molecule has 3 aromatic rings. The maximum Gasteiger partial charge on any atom is 0.434 e. The molecule has 6 rings (SSSR count). The number of alkyl halides is 1. The molecule has 3 amide bonds. The second-order valence-electron chi connectivity index (χ2n) is 12.6. The molecule has 252 valence electrons. The largest absolute Gasteiger partial charge is 0.450 e. The molecule has 0 radical (unpaired) electrons. The Morgan fingerprint density at radius 3 is 2.17 bits per heavy atom. The predicted octanol–water partition coefficient (Wildman–Crippen LogP) is 5.01. The number of Topliss-reactive ketones (excluding diaryl/α,β-unsaturated/α-hetero) is 1. The van der Waals surface area contributed by atoms with Crippen LogP contribution in [0.1, 0.15) is 75.3 Å². The van der Waals surface area contributed by atoms with Crippen LogP contribution in [0.2, 0.25) is 0 Å². The van der Waals surface area contributed by atoms with E-state index < -0.39 is 47.0 Å². The van der Waals surface area contributed by atoms with E-state index in [2.05, 4.69) is 21.0 Å². The molecular formula is C35H38FN5O7. The Morgan fingerprint density at radius 1 is 0.917 bits per heavy atom. The lowest BCUT2D eigenvalue weighted by Crippen LogP contribution is -2.65. The van der Waals surface area contributed by atoms with Gasteiger partial charge in [0.1, 0.15) is 23.9 Å². The van der Waals surface area contributed by atoms with Crippen molar-refractivity contribution in [2.45, 2.75) is 81.5 Å². The Morgan fingerprint density at radius 2 is 1.56 bits per heavy atom. The normalized spacial score (nSPS) is 17.6. The highest BCUT2D eigenvalue weighted by Gasteiger charge is 2.50. The fraction of sp³-hybridized carbons (Fsp3) is 0.429. The van der Waals surface area contributed by atoms with Crippen molar-refractivity contribution in [3.8, 4) is 11.1 Å². The van der Waals surface area contributed by atoms with E-state index in [0.29, 0.717) is 19.3 Å². The van der Waals surface area contributed by atoms with E-state index in [0.717, 1.165) is 26.9 Å². The summed E-state index contributed by atoms with van der Waals surface area (Å²) in [6, 6.07) is 15.9. The number of carbonyl (C=O) groups excluding carboxylic acids is 5. The number of amides is 3. The Kier molecular flexibility index (Phi) is 9.29. The third-order valence-corrected chi connectivity index (χ3v) is 9.52. The number of rotatable bonds is 11. The van der Waals surface area contributed by atoms with Crippen molar-refractivity contribution in [1.29, 1.82) is 0 Å². The first-order chi connectivity index (χ1) is 23.1. The number of halogens is 1. The molecule has 0 spiro atoms. The second-order valence-corrected chi connectivity index (χ2v) is 12.6. The van der Waals surface area contributed by atoms with E-state index in [-0.39, 0.29) is 57.1 Å². The highest BCUT2D eigenvalue weighted by atomic mass is 19.1. The monoisotopic (exact) mass is 659 g/mol. The maximum absolute atomic E-state index is 15.4. The molecular weight excluding hydrogens is 621 g/mol. The quantitative estimate of drug-likeness (QED) is 0.242. The molecule has 3 aliphatic carbocycles. The van der Waals surface area contributed by atoms with Crippen molar-refractivity contribution in [2.75, 3.05) is 18.5 Å². The summed E-state index contributed by atoms with van der Waals surface area (Å²) < 4.78 is 26.8. The smallest absolute Gasteiger partial charge is 0.434 e. The fourth-order valence-electron chi connectivity index (χ4n) is 6.91. The zero-order chi connectivity index (χ0) is 33.9. The molecule has 1 aromatic heterocycles. The number of hydrogen-bond acceptors (Lipinski definition) is 8. The zero-order valence-corrected chi connectivity index (χ0v) is 26.6. The van der Waals surface area contributed by atoms with Gasteiger partial charge in [-0.2, -0.15) is 4.68 Å². The molecule has 1 atom stereocenters. The average Bonchev–Trinajstić information content (AvgIpc) is 3.79. The van der Waals surface area contributed by atoms with Crippen LogP contribution in [0.5, 0.6) is 0 Å². The molecule has 0 unspecified atom stereocenters. The summed E-state index contributed by atoms with van der Waals surface area (Å²) in [7, 11) is 0. The van der Waals surface area contributed by atoms with Crippen molar-refractivity contribution in [1.82, 2.24) is 20.4 Å². The van der Waals surface area contributed by atoms with E-state index in [9.17, 15) is 24.0 Å². The van der Waals surface area contributed by atoms with E-state index in [1.807, 2.05) is 48.5 Å². The fourth-order valence-corrected chi connectivity index (χ4v) is 6.91. The lowest BCUT2D eigenvalue weighted by Gasteiger charge is -2.41. The molecule has 0 saturated heterocycles. The highest BCUT2D eigenvalue weighted by Crippen LogP contribution is 2.44. The molecule has 1 heterocycles. The summed E-state index contributed by atoms with van der Waals surface area (Å²) in [5.74, 6) is -2.94. The second kappa shape index (κ2) is 13.6.